The van der Waals surface area contributed by atoms with Gasteiger partial charge in [-0.1, -0.05) is 30.3 Å². The minimum Gasteiger partial charge on any atom is -0.324 e. The zero-order valence-corrected chi connectivity index (χ0v) is 12.9. The van der Waals surface area contributed by atoms with Crippen LogP contribution in [0.25, 0.3) is 0 Å². The standard InChI is InChI=1S/C15H14BrNOS/c1-11(19-12-7-3-2-4-8-12)15(18)17-14-10-6-5-9-13(14)16/h2-11H,1H3,(H,17,18)/t11-/m1/s1. The van der Waals surface area contributed by atoms with Gasteiger partial charge >= 0.3 is 0 Å². The lowest BCUT2D eigenvalue weighted by atomic mass is 10.3. The maximum absolute atomic E-state index is 12.1. The molecule has 0 saturated heterocycles. The van der Waals surface area contributed by atoms with Crippen LogP contribution in [-0.4, -0.2) is 11.2 Å². The highest BCUT2D eigenvalue weighted by molar-refractivity contribution is 9.10. The fourth-order valence-electron chi connectivity index (χ4n) is 1.55. The summed E-state index contributed by atoms with van der Waals surface area (Å²) in [6.45, 7) is 1.91. The predicted octanol–water partition coefficient (Wildman–Crippen LogP) is 4.57. The Labute approximate surface area is 125 Å². The molecule has 2 aromatic rings. The predicted molar refractivity (Wildman–Crippen MR) is 84.5 cm³/mol. The maximum atomic E-state index is 12.1. The molecule has 0 aromatic heterocycles. The molecule has 1 atom stereocenters. The van der Waals surface area contributed by atoms with Crippen LogP contribution in [0.15, 0.2) is 64.0 Å². The number of para-hydroxylation sites is 1. The largest absolute Gasteiger partial charge is 0.324 e. The van der Waals surface area contributed by atoms with Gasteiger partial charge in [0.1, 0.15) is 0 Å². The summed E-state index contributed by atoms with van der Waals surface area (Å²) in [4.78, 5) is 13.2. The van der Waals surface area contributed by atoms with E-state index in [1.54, 1.807) is 11.8 Å². The summed E-state index contributed by atoms with van der Waals surface area (Å²) < 4.78 is 0.889. The number of benzene rings is 2. The van der Waals surface area contributed by atoms with E-state index in [9.17, 15) is 4.79 Å². The van der Waals surface area contributed by atoms with E-state index >= 15 is 0 Å². The summed E-state index contributed by atoms with van der Waals surface area (Å²) in [5.74, 6) is 0.000697. The molecule has 0 fully saturated rings. The third-order valence-corrected chi connectivity index (χ3v) is 4.36. The summed E-state index contributed by atoms with van der Waals surface area (Å²) in [6, 6.07) is 17.5. The van der Waals surface area contributed by atoms with E-state index < -0.39 is 0 Å². The Hall–Kier alpha value is -1.26. The maximum Gasteiger partial charge on any atom is 0.237 e. The van der Waals surface area contributed by atoms with Crippen molar-refractivity contribution in [2.24, 2.45) is 0 Å². The molecule has 1 N–H and O–H groups in total. The van der Waals surface area contributed by atoms with Crippen LogP contribution < -0.4 is 5.32 Å². The number of carbonyl (C=O) groups is 1. The summed E-state index contributed by atoms with van der Waals surface area (Å²) in [7, 11) is 0. The number of hydrogen-bond acceptors (Lipinski definition) is 2. The third kappa shape index (κ3) is 4.11. The van der Waals surface area contributed by atoms with Gasteiger partial charge in [-0.15, -0.1) is 11.8 Å². The highest BCUT2D eigenvalue weighted by atomic mass is 79.9. The Morgan fingerprint density at radius 2 is 1.74 bits per heavy atom. The van der Waals surface area contributed by atoms with Gasteiger partial charge in [-0.2, -0.15) is 0 Å². The van der Waals surface area contributed by atoms with Crippen LogP contribution in [0, 0.1) is 0 Å². The van der Waals surface area contributed by atoms with Crippen molar-refractivity contribution in [3.05, 3.63) is 59.1 Å². The Kier molecular flexibility index (Phi) is 5.05. The first-order valence-electron chi connectivity index (χ1n) is 5.94. The summed E-state index contributed by atoms with van der Waals surface area (Å²) >= 11 is 4.97. The molecule has 2 aromatic carbocycles. The van der Waals surface area contributed by atoms with Crippen LogP contribution in [-0.2, 0) is 4.79 Å². The molecule has 0 aliphatic heterocycles. The van der Waals surface area contributed by atoms with Gasteiger partial charge in [-0.3, -0.25) is 4.79 Å². The minimum atomic E-state index is -0.144. The van der Waals surface area contributed by atoms with Crippen molar-refractivity contribution in [1.29, 1.82) is 0 Å². The molecule has 0 unspecified atom stereocenters. The summed E-state index contributed by atoms with van der Waals surface area (Å²) in [5, 5.41) is 2.78. The Balaban J connectivity index is 1.99. The highest BCUT2D eigenvalue weighted by Gasteiger charge is 2.15. The lowest BCUT2D eigenvalue weighted by molar-refractivity contribution is -0.115. The van der Waals surface area contributed by atoms with Crippen LogP contribution in [0.1, 0.15) is 6.92 Å². The lowest BCUT2D eigenvalue weighted by Crippen LogP contribution is -2.22. The highest BCUT2D eigenvalue weighted by Crippen LogP contribution is 2.26. The van der Waals surface area contributed by atoms with E-state index in [0.29, 0.717) is 0 Å². The van der Waals surface area contributed by atoms with Crippen LogP contribution in [0.4, 0.5) is 5.69 Å². The molecular formula is C15H14BrNOS. The Morgan fingerprint density at radius 1 is 1.11 bits per heavy atom. The van der Waals surface area contributed by atoms with Crippen molar-refractivity contribution in [2.75, 3.05) is 5.32 Å². The molecule has 0 aliphatic rings. The van der Waals surface area contributed by atoms with Crippen molar-refractivity contribution in [3.8, 4) is 0 Å². The first-order valence-corrected chi connectivity index (χ1v) is 7.61. The van der Waals surface area contributed by atoms with Crippen molar-refractivity contribution in [1.82, 2.24) is 0 Å². The molecule has 0 bridgehead atoms. The van der Waals surface area contributed by atoms with Crippen molar-refractivity contribution in [2.45, 2.75) is 17.1 Å². The monoisotopic (exact) mass is 335 g/mol. The molecule has 4 heteroatoms. The molecule has 98 valence electrons. The minimum absolute atomic E-state index is 0.000697. The first-order chi connectivity index (χ1) is 9.16. The molecule has 19 heavy (non-hydrogen) atoms. The van der Waals surface area contributed by atoms with E-state index in [0.717, 1.165) is 15.1 Å². The summed E-state index contributed by atoms with van der Waals surface area (Å²) in [5.41, 5.74) is 0.799. The lowest BCUT2D eigenvalue weighted by Gasteiger charge is -2.12. The molecular weight excluding hydrogens is 322 g/mol. The van der Waals surface area contributed by atoms with Crippen LogP contribution in [0.2, 0.25) is 0 Å². The van der Waals surface area contributed by atoms with E-state index in [1.807, 2.05) is 61.5 Å². The van der Waals surface area contributed by atoms with Gasteiger partial charge < -0.3 is 5.32 Å². The first kappa shape index (κ1) is 14.2. The van der Waals surface area contributed by atoms with Gasteiger partial charge in [0.05, 0.1) is 10.9 Å². The average molecular weight is 336 g/mol. The second-order valence-electron chi connectivity index (χ2n) is 4.04. The van der Waals surface area contributed by atoms with Crippen molar-refractivity contribution >= 4 is 39.3 Å². The van der Waals surface area contributed by atoms with Crippen LogP contribution in [0.5, 0.6) is 0 Å². The van der Waals surface area contributed by atoms with Gasteiger partial charge in [0.15, 0.2) is 0 Å². The normalized spacial score (nSPS) is 11.9. The van der Waals surface area contributed by atoms with E-state index in [1.165, 1.54) is 0 Å². The molecule has 0 heterocycles. The molecule has 2 rings (SSSR count). The number of thioether (sulfide) groups is 1. The average Bonchev–Trinajstić information content (AvgIpc) is 2.42. The molecule has 0 spiro atoms. The number of amides is 1. The van der Waals surface area contributed by atoms with Gasteiger partial charge in [0.2, 0.25) is 5.91 Å². The smallest absolute Gasteiger partial charge is 0.237 e. The fraction of sp³-hybridized carbons (Fsp3) is 0.133. The van der Waals surface area contributed by atoms with E-state index in [4.69, 9.17) is 0 Å². The zero-order valence-electron chi connectivity index (χ0n) is 10.5. The third-order valence-electron chi connectivity index (χ3n) is 2.56. The second-order valence-corrected chi connectivity index (χ2v) is 6.31. The number of anilines is 1. The molecule has 0 radical (unpaired) electrons. The van der Waals surface area contributed by atoms with Gasteiger partial charge in [-0.25, -0.2) is 0 Å². The molecule has 2 nitrogen and oxygen atoms in total. The molecule has 1 amide bonds. The number of hydrogen-bond donors (Lipinski definition) is 1. The number of halogens is 1. The molecule has 0 aliphatic carbocycles. The van der Waals surface area contributed by atoms with Crippen LogP contribution in [0.3, 0.4) is 0 Å². The van der Waals surface area contributed by atoms with Gasteiger partial charge in [-0.05, 0) is 47.1 Å². The van der Waals surface area contributed by atoms with Crippen molar-refractivity contribution < 1.29 is 4.79 Å². The Bertz CT molecular complexity index is 559. The fourth-order valence-corrected chi connectivity index (χ4v) is 2.83. The topological polar surface area (TPSA) is 29.1 Å². The quantitative estimate of drug-likeness (QED) is 0.829. The SMILES string of the molecule is C[C@@H](Sc1ccccc1)C(=O)Nc1ccccc1Br. The molecule has 0 saturated carbocycles. The summed E-state index contributed by atoms with van der Waals surface area (Å²) in [6.07, 6.45) is 0. The van der Waals surface area contributed by atoms with Crippen LogP contribution >= 0.6 is 27.7 Å². The number of nitrogens with one attached hydrogen (secondary N) is 1. The Morgan fingerprint density at radius 3 is 2.42 bits per heavy atom. The number of rotatable bonds is 4. The van der Waals surface area contributed by atoms with E-state index in [-0.39, 0.29) is 11.2 Å². The van der Waals surface area contributed by atoms with Crippen molar-refractivity contribution in [3.63, 3.8) is 0 Å². The zero-order chi connectivity index (χ0) is 13.7. The number of carbonyl (C=O) groups excluding carboxylic acids is 1. The van der Waals surface area contributed by atoms with E-state index in [2.05, 4.69) is 21.2 Å². The van der Waals surface area contributed by atoms with Gasteiger partial charge in [0, 0.05) is 9.37 Å². The second kappa shape index (κ2) is 6.78. The van der Waals surface area contributed by atoms with Gasteiger partial charge in [0.25, 0.3) is 0 Å².